The van der Waals surface area contributed by atoms with Gasteiger partial charge in [-0.3, -0.25) is 4.98 Å². The minimum Gasteiger partial charge on any atom is -0.369 e. The van der Waals surface area contributed by atoms with Gasteiger partial charge in [0.15, 0.2) is 0 Å². The third-order valence-corrected chi connectivity index (χ3v) is 6.99. The van der Waals surface area contributed by atoms with Gasteiger partial charge in [-0.2, -0.15) is 0 Å². The van der Waals surface area contributed by atoms with Gasteiger partial charge in [-0.05, 0) is 81.5 Å². The number of aromatic nitrogens is 3. The molecule has 202 valence electrons. The Labute approximate surface area is 223 Å². The topological polar surface area (TPSA) is 62.5 Å². The van der Waals surface area contributed by atoms with Crippen molar-refractivity contribution in [2.45, 2.75) is 92.4 Å². The maximum Gasteiger partial charge on any atom is 0.140 e. The van der Waals surface area contributed by atoms with Crippen molar-refractivity contribution in [3.8, 4) is 0 Å². The Balaban J connectivity index is 0.000000170. The summed E-state index contributed by atoms with van der Waals surface area (Å²) in [4.78, 5) is 21.5. The SMILES string of the molecule is CCCC(C)=O.CCCc1c(N2CCNCC2)ccnc1C.CCc1cc(C2CC2)c2nc(C)cn2c1. The lowest BCUT2D eigenvalue weighted by Crippen LogP contribution is -2.44. The summed E-state index contributed by atoms with van der Waals surface area (Å²) in [5, 5.41) is 3.39. The zero-order chi connectivity index (χ0) is 26.8. The van der Waals surface area contributed by atoms with Gasteiger partial charge in [0.25, 0.3) is 0 Å². The van der Waals surface area contributed by atoms with E-state index in [2.05, 4.69) is 76.8 Å². The minimum atomic E-state index is 0.289. The first-order valence-corrected chi connectivity index (χ1v) is 14.3. The van der Waals surface area contributed by atoms with Crippen LogP contribution in [0.4, 0.5) is 5.69 Å². The molecule has 5 rings (SSSR count). The molecule has 3 aromatic heterocycles. The van der Waals surface area contributed by atoms with Crippen LogP contribution in [-0.2, 0) is 17.6 Å². The summed E-state index contributed by atoms with van der Waals surface area (Å²) in [5.74, 6) is 1.07. The normalized spacial score (nSPS) is 15.0. The van der Waals surface area contributed by atoms with Crippen molar-refractivity contribution in [3.05, 3.63) is 58.8 Å². The Morgan fingerprint density at radius 2 is 1.81 bits per heavy atom. The van der Waals surface area contributed by atoms with Crippen molar-refractivity contribution < 1.29 is 4.79 Å². The molecule has 0 amide bonds. The van der Waals surface area contributed by atoms with Crippen molar-refractivity contribution in [2.75, 3.05) is 31.1 Å². The second-order valence-electron chi connectivity index (χ2n) is 10.4. The number of anilines is 1. The van der Waals surface area contributed by atoms with Gasteiger partial charge in [-0.1, -0.05) is 33.3 Å². The number of pyridine rings is 2. The number of hydrogen-bond acceptors (Lipinski definition) is 5. The first kappa shape index (κ1) is 28.8. The quantitative estimate of drug-likeness (QED) is 0.414. The van der Waals surface area contributed by atoms with E-state index in [1.807, 2.05) is 13.1 Å². The fraction of sp³-hybridized carbons (Fsp3) is 0.581. The van der Waals surface area contributed by atoms with E-state index in [1.165, 1.54) is 53.0 Å². The van der Waals surface area contributed by atoms with Crippen molar-refractivity contribution in [3.63, 3.8) is 0 Å². The van der Waals surface area contributed by atoms with Gasteiger partial charge in [0.2, 0.25) is 0 Å². The lowest BCUT2D eigenvalue weighted by atomic mass is 10.1. The van der Waals surface area contributed by atoms with Gasteiger partial charge in [-0.15, -0.1) is 0 Å². The Morgan fingerprint density at radius 1 is 1.08 bits per heavy atom. The van der Waals surface area contributed by atoms with Crippen LogP contribution in [0.15, 0.2) is 30.7 Å². The van der Waals surface area contributed by atoms with Crippen LogP contribution < -0.4 is 10.2 Å². The summed E-state index contributed by atoms with van der Waals surface area (Å²) in [6.45, 7) is 16.6. The molecule has 1 aliphatic carbocycles. The fourth-order valence-corrected chi connectivity index (χ4v) is 4.89. The zero-order valence-electron chi connectivity index (χ0n) is 23.9. The molecule has 2 aliphatic rings. The zero-order valence-corrected chi connectivity index (χ0v) is 23.9. The molecule has 37 heavy (non-hydrogen) atoms. The molecule has 3 aromatic rings. The molecule has 2 fully saturated rings. The number of carbonyl (C=O) groups is 1. The molecule has 0 atom stereocenters. The molecule has 0 aromatic carbocycles. The molecule has 6 nitrogen and oxygen atoms in total. The van der Waals surface area contributed by atoms with E-state index in [0.29, 0.717) is 0 Å². The maximum absolute atomic E-state index is 10.0. The van der Waals surface area contributed by atoms with Crippen LogP contribution in [0.2, 0.25) is 0 Å². The summed E-state index contributed by atoms with van der Waals surface area (Å²) in [7, 11) is 0. The van der Waals surface area contributed by atoms with Gasteiger partial charge in [0.1, 0.15) is 11.4 Å². The summed E-state index contributed by atoms with van der Waals surface area (Å²) in [6.07, 6.45) is 14.1. The Kier molecular flexibility index (Phi) is 11.1. The number of nitrogens with one attached hydrogen (secondary N) is 1. The Hall–Kier alpha value is -2.73. The molecule has 0 radical (unpaired) electrons. The van der Waals surface area contributed by atoms with Crippen molar-refractivity contribution in [1.29, 1.82) is 0 Å². The van der Waals surface area contributed by atoms with Crippen LogP contribution in [0, 0.1) is 13.8 Å². The van der Waals surface area contributed by atoms with E-state index in [0.717, 1.165) is 63.5 Å². The highest BCUT2D eigenvalue weighted by atomic mass is 16.1. The highest BCUT2D eigenvalue weighted by molar-refractivity contribution is 5.75. The lowest BCUT2D eigenvalue weighted by Gasteiger charge is -2.31. The largest absolute Gasteiger partial charge is 0.369 e. The van der Waals surface area contributed by atoms with Gasteiger partial charge in [0, 0.05) is 62.6 Å². The molecule has 1 N–H and O–H groups in total. The van der Waals surface area contributed by atoms with Crippen molar-refractivity contribution in [2.24, 2.45) is 0 Å². The van der Waals surface area contributed by atoms with Gasteiger partial charge in [0.05, 0.1) is 5.69 Å². The fourth-order valence-electron chi connectivity index (χ4n) is 4.89. The predicted octanol–water partition coefficient (Wildman–Crippen LogP) is 6.21. The van der Waals surface area contributed by atoms with Gasteiger partial charge < -0.3 is 19.4 Å². The number of fused-ring (bicyclic) bond motifs is 1. The summed E-state index contributed by atoms with van der Waals surface area (Å²) < 4.78 is 2.20. The predicted molar refractivity (Wildman–Crippen MR) is 155 cm³/mol. The van der Waals surface area contributed by atoms with Crippen LogP contribution in [-0.4, -0.2) is 46.3 Å². The number of rotatable bonds is 7. The van der Waals surface area contributed by atoms with E-state index in [1.54, 1.807) is 6.92 Å². The lowest BCUT2D eigenvalue weighted by molar-refractivity contribution is -0.117. The van der Waals surface area contributed by atoms with Crippen LogP contribution in [0.1, 0.15) is 93.8 Å². The molecule has 1 aliphatic heterocycles. The van der Waals surface area contributed by atoms with Crippen molar-refractivity contribution in [1.82, 2.24) is 19.7 Å². The second-order valence-corrected chi connectivity index (χ2v) is 10.4. The third kappa shape index (κ3) is 8.39. The number of hydrogen-bond donors (Lipinski definition) is 1. The number of imidazole rings is 1. The smallest absolute Gasteiger partial charge is 0.140 e. The second kappa shape index (κ2) is 14.3. The average molecular weight is 506 g/mol. The van der Waals surface area contributed by atoms with Crippen LogP contribution in [0.25, 0.3) is 5.65 Å². The first-order chi connectivity index (χ1) is 17.9. The highest BCUT2D eigenvalue weighted by Gasteiger charge is 2.26. The number of carbonyl (C=O) groups excluding carboxylic acids is 1. The number of piperazine rings is 1. The number of Topliss-reactive ketones (excluding diaryl/α,β-unsaturated/α-hetero) is 1. The number of ketones is 1. The van der Waals surface area contributed by atoms with Crippen molar-refractivity contribution >= 4 is 17.1 Å². The molecule has 1 saturated heterocycles. The summed E-state index contributed by atoms with van der Waals surface area (Å²) >= 11 is 0. The van der Waals surface area contributed by atoms with E-state index in [-0.39, 0.29) is 5.78 Å². The average Bonchev–Trinajstić information content (AvgIpc) is 3.66. The highest BCUT2D eigenvalue weighted by Crippen LogP contribution is 2.42. The van der Waals surface area contributed by atoms with Gasteiger partial charge in [-0.25, -0.2) is 4.98 Å². The molecule has 6 heteroatoms. The van der Waals surface area contributed by atoms with Crippen LogP contribution in [0.3, 0.4) is 0 Å². The van der Waals surface area contributed by atoms with Crippen LogP contribution >= 0.6 is 0 Å². The molecule has 0 spiro atoms. The molecule has 0 bridgehead atoms. The summed E-state index contributed by atoms with van der Waals surface area (Å²) in [6, 6.07) is 4.52. The van der Waals surface area contributed by atoms with E-state index >= 15 is 0 Å². The number of aryl methyl sites for hydroxylation is 3. The van der Waals surface area contributed by atoms with Gasteiger partial charge >= 0.3 is 0 Å². The van der Waals surface area contributed by atoms with E-state index in [4.69, 9.17) is 0 Å². The summed E-state index contributed by atoms with van der Waals surface area (Å²) in [5.41, 5.74) is 9.20. The maximum atomic E-state index is 10.0. The Morgan fingerprint density at radius 3 is 2.38 bits per heavy atom. The molecule has 0 unspecified atom stereocenters. The molecule has 4 heterocycles. The Bertz CT molecular complexity index is 1140. The standard InChI is InChI=1S/C13H21N3.C13H16N2.C5H10O/c1-3-4-12-11(2)15-6-5-13(12)16-9-7-14-8-10-16;1-3-10-6-12(11-4-5-11)13-14-9(2)7-15(13)8-10;1-3-4-5(2)6/h5-6,14H,3-4,7-10H2,1-2H3;6-8,11H,3-5H2,1-2H3;3-4H2,1-2H3. The molecular weight excluding hydrogens is 458 g/mol. The third-order valence-electron chi connectivity index (χ3n) is 6.99. The first-order valence-electron chi connectivity index (χ1n) is 14.3. The van der Waals surface area contributed by atoms with Crippen LogP contribution in [0.5, 0.6) is 0 Å². The molecular formula is C31H47N5O. The van der Waals surface area contributed by atoms with E-state index < -0.39 is 0 Å². The van der Waals surface area contributed by atoms with E-state index in [9.17, 15) is 4.79 Å². The monoisotopic (exact) mass is 505 g/mol. The minimum absolute atomic E-state index is 0.289. The number of nitrogens with zero attached hydrogens (tertiary/aromatic N) is 4. The molecule has 1 saturated carbocycles.